The first kappa shape index (κ1) is 66.8. The number of carbonyl (C=O) groups is 1. The molecule has 2 aliphatic heterocycles. The SMILES string of the molecule is CCCCCCCC/C=C\CCCCCCCC(=O)NC(COC1OC(CO)C(OC2OC(CO)C(O)C(O)C2O)C(O)C1O)C(O)CCCCCCCCCCCCCCCCCCCCCCCCC. The number of hydrogen-bond acceptors (Lipinski definition) is 13. The summed E-state index contributed by atoms with van der Waals surface area (Å²) in [7, 11) is 0. The minimum Gasteiger partial charge on any atom is -0.394 e. The smallest absolute Gasteiger partial charge is 0.220 e. The van der Waals surface area contributed by atoms with Crippen molar-refractivity contribution < 1.29 is 64.6 Å². The van der Waals surface area contributed by atoms with Crippen LogP contribution < -0.4 is 5.32 Å². The molecule has 2 rings (SSSR count). The number of unbranched alkanes of at least 4 members (excludes halogenated alkanes) is 33. The average molecular weight is 1030 g/mol. The van der Waals surface area contributed by atoms with Gasteiger partial charge >= 0.3 is 0 Å². The molecule has 2 aliphatic rings. The van der Waals surface area contributed by atoms with Crippen molar-refractivity contribution >= 4 is 5.91 Å². The van der Waals surface area contributed by atoms with E-state index in [0.29, 0.717) is 19.3 Å². The fourth-order valence-electron chi connectivity index (χ4n) is 10.1. The fourth-order valence-corrected chi connectivity index (χ4v) is 10.1. The van der Waals surface area contributed by atoms with Gasteiger partial charge in [0.25, 0.3) is 0 Å². The lowest BCUT2D eigenvalue weighted by Gasteiger charge is -2.46. The van der Waals surface area contributed by atoms with Gasteiger partial charge in [0.2, 0.25) is 5.91 Å². The second-order valence-corrected chi connectivity index (χ2v) is 21.5. The Morgan fingerprint density at radius 3 is 1.32 bits per heavy atom. The molecule has 2 saturated heterocycles. The number of carbonyl (C=O) groups excluding carboxylic acids is 1. The summed E-state index contributed by atoms with van der Waals surface area (Å²) >= 11 is 0. The highest BCUT2D eigenvalue weighted by molar-refractivity contribution is 5.76. The summed E-state index contributed by atoms with van der Waals surface area (Å²) in [5.74, 6) is -0.212. The third-order valence-electron chi connectivity index (χ3n) is 15.0. The maximum Gasteiger partial charge on any atom is 0.220 e. The first-order valence-electron chi connectivity index (χ1n) is 29.9. The normalized spacial score (nSPS) is 25.6. The number of allylic oxidation sites excluding steroid dienone is 2. The summed E-state index contributed by atoms with van der Waals surface area (Å²) in [6.07, 6.45) is 33.5. The van der Waals surface area contributed by atoms with Crippen LogP contribution in [0, 0.1) is 0 Å². The maximum atomic E-state index is 13.2. The van der Waals surface area contributed by atoms with E-state index in [9.17, 15) is 45.6 Å². The molecule has 0 aromatic rings. The van der Waals surface area contributed by atoms with Gasteiger partial charge in [0.15, 0.2) is 12.6 Å². The molecule has 1 amide bonds. The first-order valence-corrected chi connectivity index (χ1v) is 29.9. The zero-order valence-corrected chi connectivity index (χ0v) is 45.7. The molecular formula is C58H111NO13. The van der Waals surface area contributed by atoms with Gasteiger partial charge in [0.05, 0.1) is 32.0 Å². The third kappa shape index (κ3) is 30.5. The van der Waals surface area contributed by atoms with Crippen LogP contribution in [0.4, 0.5) is 0 Å². The summed E-state index contributed by atoms with van der Waals surface area (Å²) in [4.78, 5) is 13.2. The third-order valence-corrected chi connectivity index (χ3v) is 15.0. The molecule has 0 radical (unpaired) electrons. The summed E-state index contributed by atoms with van der Waals surface area (Å²) in [5, 5.41) is 87.2. The molecule has 0 bridgehead atoms. The summed E-state index contributed by atoms with van der Waals surface area (Å²) in [5.41, 5.74) is 0. The number of ether oxygens (including phenoxy) is 4. The highest BCUT2D eigenvalue weighted by Crippen LogP contribution is 2.30. The highest BCUT2D eigenvalue weighted by Gasteiger charge is 2.51. The van der Waals surface area contributed by atoms with Gasteiger partial charge in [-0.3, -0.25) is 4.79 Å². The zero-order chi connectivity index (χ0) is 52.4. The molecule has 2 heterocycles. The monoisotopic (exact) mass is 1030 g/mol. The maximum absolute atomic E-state index is 13.2. The number of nitrogens with one attached hydrogen (secondary N) is 1. The van der Waals surface area contributed by atoms with Crippen LogP contribution >= 0.6 is 0 Å². The van der Waals surface area contributed by atoms with Crippen molar-refractivity contribution in [2.24, 2.45) is 0 Å². The van der Waals surface area contributed by atoms with Crippen LogP contribution in [0.5, 0.6) is 0 Å². The van der Waals surface area contributed by atoms with E-state index in [1.165, 1.54) is 161 Å². The molecule has 0 saturated carbocycles. The van der Waals surface area contributed by atoms with Crippen LogP contribution in [0.2, 0.25) is 0 Å². The van der Waals surface area contributed by atoms with E-state index in [0.717, 1.165) is 64.2 Å². The lowest BCUT2D eigenvalue weighted by atomic mass is 9.97. The number of hydrogen-bond donors (Lipinski definition) is 9. The van der Waals surface area contributed by atoms with Crippen LogP contribution in [0.25, 0.3) is 0 Å². The van der Waals surface area contributed by atoms with Gasteiger partial charge in [-0.15, -0.1) is 0 Å². The van der Waals surface area contributed by atoms with Gasteiger partial charge in [-0.1, -0.05) is 225 Å². The molecular weight excluding hydrogens is 919 g/mol. The molecule has 9 N–H and O–H groups in total. The molecule has 0 aromatic carbocycles. The van der Waals surface area contributed by atoms with Crippen LogP contribution in [0.3, 0.4) is 0 Å². The molecule has 2 fully saturated rings. The van der Waals surface area contributed by atoms with E-state index in [1.807, 2.05) is 0 Å². The van der Waals surface area contributed by atoms with E-state index in [2.05, 4.69) is 31.3 Å². The predicted octanol–water partition coefficient (Wildman–Crippen LogP) is 9.89. The van der Waals surface area contributed by atoms with Gasteiger partial charge in [-0.05, 0) is 38.5 Å². The summed E-state index contributed by atoms with van der Waals surface area (Å²) < 4.78 is 22.8. The molecule has 0 spiro atoms. The van der Waals surface area contributed by atoms with Crippen LogP contribution in [0.15, 0.2) is 12.2 Å². The minimum absolute atomic E-state index is 0.212. The Kier molecular flexibility index (Phi) is 41.6. The Morgan fingerprint density at radius 1 is 0.486 bits per heavy atom. The highest BCUT2D eigenvalue weighted by atomic mass is 16.7. The Labute approximate surface area is 437 Å². The first-order chi connectivity index (χ1) is 35.1. The van der Waals surface area contributed by atoms with Crippen LogP contribution in [0.1, 0.15) is 258 Å². The van der Waals surface area contributed by atoms with E-state index >= 15 is 0 Å². The number of rotatable bonds is 48. The number of aliphatic hydroxyl groups excluding tert-OH is 8. The molecule has 72 heavy (non-hydrogen) atoms. The van der Waals surface area contributed by atoms with E-state index in [-0.39, 0.29) is 12.5 Å². The van der Waals surface area contributed by atoms with Gasteiger partial charge in [0.1, 0.15) is 48.8 Å². The zero-order valence-electron chi connectivity index (χ0n) is 45.7. The fraction of sp³-hybridized carbons (Fsp3) is 0.948. The lowest BCUT2D eigenvalue weighted by Crippen LogP contribution is -2.65. The topological polar surface area (TPSA) is 228 Å². The Balaban J connectivity index is 1.74. The Hall–Kier alpha value is -1.27. The summed E-state index contributed by atoms with van der Waals surface area (Å²) in [6, 6.07) is -0.830. The van der Waals surface area contributed by atoms with E-state index in [1.54, 1.807) is 0 Å². The Morgan fingerprint density at radius 2 is 0.875 bits per heavy atom. The molecule has 14 heteroatoms. The van der Waals surface area contributed by atoms with Crippen LogP contribution in [-0.2, 0) is 23.7 Å². The number of aliphatic hydroxyl groups is 8. The lowest BCUT2D eigenvalue weighted by molar-refractivity contribution is -0.359. The van der Waals surface area contributed by atoms with Crippen molar-refractivity contribution in [1.82, 2.24) is 5.32 Å². The molecule has 426 valence electrons. The van der Waals surface area contributed by atoms with Crippen molar-refractivity contribution in [1.29, 1.82) is 0 Å². The van der Waals surface area contributed by atoms with Gasteiger partial charge in [-0.25, -0.2) is 0 Å². The van der Waals surface area contributed by atoms with Crippen molar-refractivity contribution in [3.63, 3.8) is 0 Å². The van der Waals surface area contributed by atoms with Crippen molar-refractivity contribution in [2.75, 3.05) is 19.8 Å². The van der Waals surface area contributed by atoms with Crippen molar-refractivity contribution in [2.45, 2.75) is 331 Å². The van der Waals surface area contributed by atoms with Gasteiger partial charge in [-0.2, -0.15) is 0 Å². The number of amides is 1. The molecule has 12 unspecified atom stereocenters. The van der Waals surface area contributed by atoms with E-state index < -0.39 is 86.8 Å². The van der Waals surface area contributed by atoms with Gasteiger partial charge in [0, 0.05) is 6.42 Å². The minimum atomic E-state index is -1.78. The van der Waals surface area contributed by atoms with Gasteiger partial charge < -0.3 is 65.1 Å². The molecule has 0 aromatic heterocycles. The largest absolute Gasteiger partial charge is 0.394 e. The second kappa shape index (κ2) is 44.8. The average Bonchev–Trinajstić information content (AvgIpc) is 3.38. The standard InChI is InChI=1S/C58H111NO13/c1-3-5-7-9-11-13-15-17-19-20-21-22-23-24-25-26-28-29-31-33-35-37-39-41-47(62)46(59-50(63)42-40-38-36-34-32-30-27-18-16-14-12-10-8-6-4-2)45-69-57-55(68)53(66)56(49(44-61)71-57)72-58-54(67)52(65)51(64)48(43-60)70-58/h18,27,46-49,51-58,60-62,64-68H,3-17,19-26,28-45H2,1-2H3,(H,59,63)/b27-18-. The van der Waals surface area contributed by atoms with Crippen molar-refractivity contribution in [3.8, 4) is 0 Å². The molecule has 14 nitrogen and oxygen atoms in total. The quantitative estimate of drug-likeness (QED) is 0.0205. The molecule has 0 aliphatic carbocycles. The second-order valence-electron chi connectivity index (χ2n) is 21.5. The van der Waals surface area contributed by atoms with Crippen LogP contribution in [-0.4, -0.2) is 140 Å². The Bertz CT molecular complexity index is 1260. The van der Waals surface area contributed by atoms with Crippen molar-refractivity contribution in [3.05, 3.63) is 12.2 Å². The summed E-state index contributed by atoms with van der Waals surface area (Å²) in [6.45, 7) is 2.87. The predicted molar refractivity (Wildman–Crippen MR) is 286 cm³/mol. The molecule has 12 atom stereocenters. The van der Waals surface area contributed by atoms with E-state index in [4.69, 9.17) is 18.9 Å².